The Kier molecular flexibility index (Phi) is 3.25. The zero-order valence-electron chi connectivity index (χ0n) is 7.50. The van der Waals surface area contributed by atoms with E-state index in [1.54, 1.807) is 0 Å². The summed E-state index contributed by atoms with van der Waals surface area (Å²) in [7, 11) is 0. The Morgan fingerprint density at radius 1 is 1.46 bits per heavy atom. The largest absolute Gasteiger partial charge is 0.481 e. The molecule has 1 aliphatic carbocycles. The van der Waals surface area contributed by atoms with Gasteiger partial charge in [0.1, 0.15) is 0 Å². The third kappa shape index (κ3) is 2.18. The monoisotopic (exact) mass is 190 g/mol. The number of aliphatic hydroxyl groups is 1. The van der Waals surface area contributed by atoms with Gasteiger partial charge in [-0.25, -0.2) is 0 Å². The fraction of sp³-hybridized carbons (Fsp3) is 0.889. The minimum atomic E-state index is -0.919. The SMILES string of the molecule is O=C(O)C1(CCF)CCC(O)CC1. The fourth-order valence-corrected chi connectivity index (χ4v) is 1.91. The Morgan fingerprint density at radius 3 is 2.38 bits per heavy atom. The number of carboxylic acid groups (broad SMARTS) is 1. The van der Waals surface area contributed by atoms with E-state index in [1.807, 2.05) is 0 Å². The smallest absolute Gasteiger partial charge is 0.309 e. The lowest BCUT2D eigenvalue weighted by Crippen LogP contribution is -2.37. The lowest BCUT2D eigenvalue weighted by atomic mass is 9.71. The lowest BCUT2D eigenvalue weighted by molar-refractivity contribution is -0.153. The van der Waals surface area contributed by atoms with Crippen molar-refractivity contribution in [1.82, 2.24) is 0 Å². The maximum Gasteiger partial charge on any atom is 0.309 e. The molecule has 0 spiro atoms. The maximum absolute atomic E-state index is 12.2. The Morgan fingerprint density at radius 2 is 2.00 bits per heavy atom. The topological polar surface area (TPSA) is 57.5 Å². The van der Waals surface area contributed by atoms with E-state index < -0.39 is 24.2 Å². The summed E-state index contributed by atoms with van der Waals surface area (Å²) in [5.74, 6) is -0.919. The summed E-state index contributed by atoms with van der Waals surface area (Å²) >= 11 is 0. The molecule has 1 saturated carbocycles. The fourth-order valence-electron chi connectivity index (χ4n) is 1.91. The molecule has 0 saturated heterocycles. The van der Waals surface area contributed by atoms with Gasteiger partial charge in [0.2, 0.25) is 0 Å². The molecule has 0 radical (unpaired) electrons. The number of aliphatic carboxylic acids is 1. The predicted molar refractivity (Wildman–Crippen MR) is 45.1 cm³/mol. The molecule has 1 rings (SSSR count). The maximum atomic E-state index is 12.2. The van der Waals surface area contributed by atoms with E-state index >= 15 is 0 Å². The number of carbonyl (C=O) groups is 1. The van der Waals surface area contributed by atoms with Crippen LogP contribution in [0.5, 0.6) is 0 Å². The van der Waals surface area contributed by atoms with Gasteiger partial charge in [0.25, 0.3) is 0 Å². The highest BCUT2D eigenvalue weighted by molar-refractivity contribution is 5.74. The number of hydrogen-bond donors (Lipinski definition) is 2. The van der Waals surface area contributed by atoms with Gasteiger partial charge in [0.05, 0.1) is 18.2 Å². The highest BCUT2D eigenvalue weighted by atomic mass is 19.1. The van der Waals surface area contributed by atoms with Crippen LogP contribution in [0.25, 0.3) is 0 Å². The van der Waals surface area contributed by atoms with Crippen LogP contribution < -0.4 is 0 Å². The van der Waals surface area contributed by atoms with Crippen molar-refractivity contribution in [3.05, 3.63) is 0 Å². The normalized spacial score (nSPS) is 34.5. The summed E-state index contributed by atoms with van der Waals surface area (Å²) < 4.78 is 12.2. The quantitative estimate of drug-likeness (QED) is 0.706. The van der Waals surface area contributed by atoms with Crippen LogP contribution in [-0.4, -0.2) is 29.0 Å². The standard InChI is InChI=1S/C9H15FO3/c10-6-5-9(8(12)13)3-1-7(11)2-4-9/h7,11H,1-6H2,(H,12,13). The Bertz CT molecular complexity index is 185. The molecule has 3 nitrogen and oxygen atoms in total. The molecule has 0 heterocycles. The number of rotatable bonds is 3. The van der Waals surface area contributed by atoms with Gasteiger partial charge in [-0.15, -0.1) is 0 Å². The summed E-state index contributed by atoms with van der Waals surface area (Å²) in [6, 6.07) is 0. The predicted octanol–water partition coefficient (Wildman–Crippen LogP) is 1.35. The first-order valence-corrected chi connectivity index (χ1v) is 4.58. The molecule has 4 heteroatoms. The van der Waals surface area contributed by atoms with Gasteiger partial charge >= 0.3 is 5.97 Å². The van der Waals surface area contributed by atoms with Crippen molar-refractivity contribution < 1.29 is 19.4 Å². The third-order valence-corrected chi connectivity index (χ3v) is 2.94. The lowest BCUT2D eigenvalue weighted by Gasteiger charge is -2.34. The Hall–Kier alpha value is -0.640. The average molecular weight is 190 g/mol. The zero-order chi connectivity index (χ0) is 9.90. The van der Waals surface area contributed by atoms with E-state index in [0.29, 0.717) is 25.7 Å². The van der Waals surface area contributed by atoms with Crippen molar-refractivity contribution in [3.63, 3.8) is 0 Å². The molecule has 0 bridgehead atoms. The van der Waals surface area contributed by atoms with Crippen LogP contribution in [0.3, 0.4) is 0 Å². The van der Waals surface area contributed by atoms with Crippen LogP contribution in [0, 0.1) is 5.41 Å². The van der Waals surface area contributed by atoms with Crippen LogP contribution in [0.2, 0.25) is 0 Å². The van der Waals surface area contributed by atoms with Crippen molar-refractivity contribution in [3.8, 4) is 0 Å². The number of carboxylic acids is 1. The zero-order valence-corrected chi connectivity index (χ0v) is 7.50. The van der Waals surface area contributed by atoms with Crippen molar-refractivity contribution in [2.24, 2.45) is 5.41 Å². The van der Waals surface area contributed by atoms with Crippen molar-refractivity contribution in [2.45, 2.75) is 38.2 Å². The minimum Gasteiger partial charge on any atom is -0.481 e. The number of halogens is 1. The van der Waals surface area contributed by atoms with Crippen LogP contribution in [0.4, 0.5) is 4.39 Å². The molecule has 0 aromatic carbocycles. The molecule has 0 aromatic heterocycles. The summed E-state index contributed by atoms with van der Waals surface area (Å²) in [6.07, 6.45) is 1.43. The number of hydrogen-bond acceptors (Lipinski definition) is 2. The molecule has 1 fully saturated rings. The van der Waals surface area contributed by atoms with Gasteiger partial charge in [-0.3, -0.25) is 9.18 Å². The average Bonchev–Trinajstić information content (AvgIpc) is 2.09. The summed E-state index contributed by atoms with van der Waals surface area (Å²) in [4.78, 5) is 10.9. The van der Waals surface area contributed by atoms with Crippen molar-refractivity contribution >= 4 is 5.97 Å². The Balaban J connectivity index is 2.63. The van der Waals surface area contributed by atoms with Crippen molar-refractivity contribution in [2.75, 3.05) is 6.67 Å². The van der Waals surface area contributed by atoms with Gasteiger partial charge in [0.15, 0.2) is 0 Å². The third-order valence-electron chi connectivity index (χ3n) is 2.94. The van der Waals surface area contributed by atoms with E-state index in [0.717, 1.165) is 0 Å². The second-order valence-corrected chi connectivity index (χ2v) is 3.76. The first kappa shape index (κ1) is 10.4. The molecule has 2 N–H and O–H groups in total. The second kappa shape index (κ2) is 4.05. The van der Waals surface area contributed by atoms with Gasteiger partial charge in [0, 0.05) is 0 Å². The summed E-state index contributed by atoms with van der Waals surface area (Å²) in [5, 5.41) is 18.2. The molecule has 13 heavy (non-hydrogen) atoms. The molecule has 0 amide bonds. The van der Waals surface area contributed by atoms with Gasteiger partial charge in [-0.05, 0) is 32.1 Å². The minimum absolute atomic E-state index is 0.0784. The molecular weight excluding hydrogens is 175 g/mol. The van der Waals surface area contributed by atoms with Gasteiger partial charge < -0.3 is 10.2 Å². The first-order valence-electron chi connectivity index (χ1n) is 4.58. The van der Waals surface area contributed by atoms with Gasteiger partial charge in [-0.1, -0.05) is 0 Å². The molecule has 0 aromatic rings. The van der Waals surface area contributed by atoms with Crippen LogP contribution in [-0.2, 0) is 4.79 Å². The summed E-state index contributed by atoms with van der Waals surface area (Å²) in [5.41, 5.74) is -0.909. The van der Waals surface area contributed by atoms with E-state index in [1.165, 1.54) is 0 Å². The number of alkyl halides is 1. The number of aliphatic hydroxyl groups excluding tert-OH is 1. The molecule has 76 valence electrons. The molecular formula is C9H15FO3. The highest BCUT2D eigenvalue weighted by Gasteiger charge is 2.41. The Labute approximate surface area is 76.6 Å². The second-order valence-electron chi connectivity index (χ2n) is 3.76. The van der Waals surface area contributed by atoms with E-state index in [4.69, 9.17) is 5.11 Å². The van der Waals surface area contributed by atoms with E-state index in [2.05, 4.69) is 0 Å². The molecule has 0 atom stereocenters. The summed E-state index contributed by atoms with van der Waals surface area (Å²) in [6.45, 7) is -0.595. The van der Waals surface area contributed by atoms with Gasteiger partial charge in [-0.2, -0.15) is 0 Å². The first-order chi connectivity index (χ1) is 6.10. The van der Waals surface area contributed by atoms with Crippen LogP contribution in [0.1, 0.15) is 32.1 Å². The van der Waals surface area contributed by atoms with Crippen LogP contribution >= 0.6 is 0 Å². The van der Waals surface area contributed by atoms with E-state index in [9.17, 15) is 14.3 Å². The van der Waals surface area contributed by atoms with Crippen LogP contribution in [0.15, 0.2) is 0 Å². The highest BCUT2D eigenvalue weighted by Crippen LogP contribution is 2.39. The molecule has 1 aliphatic rings. The molecule has 0 aliphatic heterocycles. The van der Waals surface area contributed by atoms with Crippen molar-refractivity contribution in [1.29, 1.82) is 0 Å². The molecule has 0 unspecified atom stereocenters. The van der Waals surface area contributed by atoms with E-state index in [-0.39, 0.29) is 6.42 Å².